The minimum absolute atomic E-state index is 0.0724. The van der Waals surface area contributed by atoms with E-state index >= 15 is 0 Å². The van der Waals surface area contributed by atoms with Gasteiger partial charge in [-0.25, -0.2) is 9.13 Å². The molecular formula is C87H148O17P2. The molecule has 0 heterocycles. The summed E-state index contributed by atoms with van der Waals surface area (Å²) in [5.74, 6) is -2.23. The molecule has 0 aliphatic heterocycles. The number of carbonyl (C=O) groups excluding carboxylic acids is 4. The number of unbranched alkanes of at least 4 members (excludes halogenated alkanes) is 29. The molecule has 608 valence electrons. The van der Waals surface area contributed by atoms with E-state index in [-0.39, 0.29) is 25.7 Å². The minimum atomic E-state index is -4.99. The Kier molecular flexibility index (Phi) is 74.8. The fourth-order valence-corrected chi connectivity index (χ4v) is 12.4. The molecule has 17 nitrogen and oxygen atoms in total. The van der Waals surface area contributed by atoms with E-state index in [9.17, 15) is 43.2 Å². The second-order valence-electron chi connectivity index (χ2n) is 27.3. The van der Waals surface area contributed by atoms with Gasteiger partial charge in [-0.15, -0.1) is 0 Å². The first kappa shape index (κ1) is 101. The summed E-state index contributed by atoms with van der Waals surface area (Å²) in [6.45, 7) is 4.58. The van der Waals surface area contributed by atoms with Gasteiger partial charge in [0, 0.05) is 25.7 Å². The molecule has 0 saturated carbocycles. The molecule has 0 radical (unpaired) electrons. The van der Waals surface area contributed by atoms with Gasteiger partial charge in [-0.3, -0.25) is 37.3 Å². The Morgan fingerprint density at radius 2 is 0.491 bits per heavy atom. The molecule has 0 rings (SSSR count). The molecule has 0 fully saturated rings. The molecule has 0 aromatic carbocycles. The Bertz CT molecular complexity index is 2530. The lowest BCUT2D eigenvalue weighted by Gasteiger charge is -2.21. The number of rotatable bonds is 77. The third-order valence-electron chi connectivity index (χ3n) is 17.1. The molecular weight excluding hydrogens is 1380 g/mol. The van der Waals surface area contributed by atoms with Gasteiger partial charge in [0.2, 0.25) is 0 Å². The first-order chi connectivity index (χ1) is 51.7. The Morgan fingerprint density at radius 3 is 0.783 bits per heavy atom. The summed E-state index contributed by atoms with van der Waals surface area (Å²) in [5.41, 5.74) is 0. The van der Waals surface area contributed by atoms with Crippen LogP contribution in [-0.2, 0) is 65.4 Å². The summed E-state index contributed by atoms with van der Waals surface area (Å²) in [5, 5.41) is 10.7. The number of ether oxygens (including phenoxy) is 4. The number of allylic oxidation sites excluding steroid dienone is 22. The van der Waals surface area contributed by atoms with E-state index in [0.717, 1.165) is 199 Å². The number of aliphatic hydroxyl groups is 1. The molecule has 0 bridgehead atoms. The van der Waals surface area contributed by atoms with Crippen molar-refractivity contribution in [2.24, 2.45) is 0 Å². The van der Waals surface area contributed by atoms with Gasteiger partial charge in [-0.05, 0) is 161 Å². The van der Waals surface area contributed by atoms with Gasteiger partial charge in [0.15, 0.2) is 12.2 Å². The molecule has 3 N–H and O–H groups in total. The number of esters is 4. The molecule has 0 aromatic heterocycles. The lowest BCUT2D eigenvalue weighted by Crippen LogP contribution is -2.30. The van der Waals surface area contributed by atoms with E-state index in [1.165, 1.54) is 57.8 Å². The van der Waals surface area contributed by atoms with Crippen LogP contribution in [0, 0.1) is 0 Å². The van der Waals surface area contributed by atoms with Crippen molar-refractivity contribution in [3.05, 3.63) is 134 Å². The van der Waals surface area contributed by atoms with Crippen LogP contribution in [0.15, 0.2) is 134 Å². The van der Waals surface area contributed by atoms with E-state index in [1.807, 2.05) is 0 Å². The predicted molar refractivity (Wildman–Crippen MR) is 436 cm³/mol. The summed E-state index contributed by atoms with van der Waals surface area (Å²) < 4.78 is 68.7. The van der Waals surface area contributed by atoms with Gasteiger partial charge in [0.25, 0.3) is 0 Å². The summed E-state index contributed by atoms with van der Waals surface area (Å²) >= 11 is 0. The third kappa shape index (κ3) is 77.4. The van der Waals surface area contributed by atoms with Crippen LogP contribution in [0.4, 0.5) is 0 Å². The topological polar surface area (TPSA) is 237 Å². The summed E-state index contributed by atoms with van der Waals surface area (Å²) in [4.78, 5) is 73.2. The van der Waals surface area contributed by atoms with Gasteiger partial charge in [0.05, 0.1) is 26.4 Å². The third-order valence-corrected chi connectivity index (χ3v) is 19.0. The van der Waals surface area contributed by atoms with Crippen LogP contribution >= 0.6 is 15.6 Å². The molecule has 0 amide bonds. The second-order valence-corrected chi connectivity index (χ2v) is 30.2. The Morgan fingerprint density at radius 1 is 0.274 bits per heavy atom. The summed E-state index contributed by atoms with van der Waals surface area (Å²) in [7, 11) is -9.98. The monoisotopic (exact) mass is 1530 g/mol. The summed E-state index contributed by atoms with van der Waals surface area (Å²) in [6, 6.07) is 0. The zero-order valence-corrected chi connectivity index (χ0v) is 68.4. The lowest BCUT2D eigenvalue weighted by molar-refractivity contribution is -0.161. The fraction of sp³-hybridized carbons (Fsp3) is 0.701. The number of hydrogen-bond acceptors (Lipinski definition) is 15. The van der Waals surface area contributed by atoms with Crippen molar-refractivity contribution >= 4 is 39.5 Å². The molecule has 0 aliphatic rings. The van der Waals surface area contributed by atoms with Gasteiger partial charge in [-0.1, -0.05) is 283 Å². The summed E-state index contributed by atoms with van der Waals surface area (Å²) in [6.07, 6.45) is 88.4. The Hall–Kier alpha value is -4.80. The molecule has 19 heteroatoms. The van der Waals surface area contributed by atoms with Crippen LogP contribution in [0.3, 0.4) is 0 Å². The van der Waals surface area contributed by atoms with Crippen molar-refractivity contribution in [2.45, 2.75) is 354 Å². The zero-order chi connectivity index (χ0) is 77.4. The van der Waals surface area contributed by atoms with E-state index in [2.05, 4.69) is 161 Å². The molecule has 0 aromatic rings. The van der Waals surface area contributed by atoms with Gasteiger partial charge in [0.1, 0.15) is 19.3 Å². The second kappa shape index (κ2) is 78.3. The molecule has 0 saturated heterocycles. The van der Waals surface area contributed by atoms with Crippen molar-refractivity contribution in [1.82, 2.24) is 0 Å². The van der Waals surface area contributed by atoms with Crippen LogP contribution in [0.1, 0.15) is 336 Å². The van der Waals surface area contributed by atoms with Crippen LogP contribution in [0.2, 0.25) is 0 Å². The Labute approximate surface area is 644 Å². The van der Waals surface area contributed by atoms with Crippen LogP contribution in [0.25, 0.3) is 0 Å². The quantitative estimate of drug-likeness (QED) is 0.0169. The Balaban J connectivity index is 5.41. The van der Waals surface area contributed by atoms with E-state index in [4.69, 9.17) is 37.0 Å². The SMILES string of the molecule is CC/C=C\C/C=C\C/C=C\C/C=C\CCCCCCCCC(=O)OCC(COP(=O)(O)OCC(O)COP(=O)(O)OCC(COC(=O)CCCCCC/C=C\C/C=C\C/C=C\C/C=C\CC)OC(=O)CCCCCCC/C=C\CCCCCCCC)OC(=O)CCCCCCC/C=C\C/C=C\CCCCC. The van der Waals surface area contributed by atoms with E-state index in [0.29, 0.717) is 25.7 Å². The highest BCUT2D eigenvalue weighted by atomic mass is 31.2. The van der Waals surface area contributed by atoms with Crippen molar-refractivity contribution in [2.75, 3.05) is 39.6 Å². The van der Waals surface area contributed by atoms with Gasteiger partial charge < -0.3 is 33.8 Å². The number of phosphoric ester groups is 2. The highest BCUT2D eigenvalue weighted by Crippen LogP contribution is 2.45. The normalized spacial score (nSPS) is 14.5. The molecule has 0 spiro atoms. The predicted octanol–water partition coefficient (Wildman–Crippen LogP) is 24.4. The average Bonchev–Trinajstić information content (AvgIpc) is 0.909. The van der Waals surface area contributed by atoms with Crippen molar-refractivity contribution < 1.29 is 80.2 Å². The molecule has 5 atom stereocenters. The zero-order valence-electron chi connectivity index (χ0n) is 66.6. The maximum Gasteiger partial charge on any atom is 0.472 e. The molecule has 0 aliphatic carbocycles. The number of phosphoric acid groups is 2. The van der Waals surface area contributed by atoms with Crippen LogP contribution < -0.4 is 0 Å². The maximum absolute atomic E-state index is 13.1. The first-order valence-corrected chi connectivity index (χ1v) is 44.4. The van der Waals surface area contributed by atoms with Gasteiger partial charge in [-0.2, -0.15) is 0 Å². The highest BCUT2D eigenvalue weighted by molar-refractivity contribution is 7.47. The van der Waals surface area contributed by atoms with Gasteiger partial charge >= 0.3 is 39.5 Å². The standard InChI is InChI=1S/C87H148O17P2/c1-5-9-13-17-21-25-29-33-37-39-40-42-46-48-52-56-60-64-68-72-85(90)98-78-83(104-87(92)74-70-66-62-58-54-50-44-36-32-28-24-20-16-12-8-4)80-102-106(95,96)100-76-81(88)75-99-105(93,94)101-79-82(103-86(91)73-69-65-61-57-53-49-43-35-31-27-23-19-15-11-7-3)77-97-84(89)71-67-63-59-55-51-47-45-41-38-34-30-26-22-18-14-10-6-2/h9-10,13-14,21-22,24-26,28,33-38,40,42-45,47,81-83,88H,5-8,11-12,15-20,23,27,29-32,39,41,46,48-80H2,1-4H3,(H,93,94)(H,95,96)/b13-9-,14-10-,25-21-,26-22-,28-24-,37-33-,38-34-,42-40-,43-35-,44-36-,47-45-. The molecule has 106 heavy (non-hydrogen) atoms. The van der Waals surface area contributed by atoms with Crippen molar-refractivity contribution in [3.8, 4) is 0 Å². The lowest BCUT2D eigenvalue weighted by atomic mass is 10.1. The first-order valence-electron chi connectivity index (χ1n) is 41.4. The smallest absolute Gasteiger partial charge is 0.462 e. The number of carbonyl (C=O) groups is 4. The van der Waals surface area contributed by atoms with E-state index in [1.54, 1.807) is 0 Å². The van der Waals surface area contributed by atoms with Crippen LogP contribution in [-0.4, -0.2) is 96.7 Å². The molecule has 5 unspecified atom stereocenters. The van der Waals surface area contributed by atoms with Crippen molar-refractivity contribution in [1.29, 1.82) is 0 Å². The average molecular weight is 1530 g/mol. The van der Waals surface area contributed by atoms with Crippen molar-refractivity contribution in [3.63, 3.8) is 0 Å². The highest BCUT2D eigenvalue weighted by Gasteiger charge is 2.30. The largest absolute Gasteiger partial charge is 0.472 e. The number of aliphatic hydroxyl groups excluding tert-OH is 1. The fourth-order valence-electron chi connectivity index (χ4n) is 10.8. The number of hydrogen-bond donors (Lipinski definition) is 3. The minimum Gasteiger partial charge on any atom is -0.462 e. The van der Waals surface area contributed by atoms with E-state index < -0.39 is 97.5 Å². The van der Waals surface area contributed by atoms with Crippen LogP contribution in [0.5, 0.6) is 0 Å². The maximum atomic E-state index is 13.1.